The maximum absolute atomic E-state index is 9.86. The van der Waals surface area contributed by atoms with Crippen molar-refractivity contribution in [2.45, 2.75) is 13.1 Å². The van der Waals surface area contributed by atoms with Crippen molar-refractivity contribution in [1.82, 2.24) is 0 Å². The van der Waals surface area contributed by atoms with Gasteiger partial charge in [0.2, 0.25) is 0 Å². The van der Waals surface area contributed by atoms with E-state index < -0.39 is 0 Å². The van der Waals surface area contributed by atoms with Gasteiger partial charge in [-0.1, -0.05) is 18.2 Å². The standard InChI is InChI=1S/C23H25NO4/c1-26-20-9-4-17(5-10-20)15-24(19-7-11-21(27-2)12-8-19)16-18-6-13-22(25)23(14-18)28-3/h4-14,25H,15-16H2,1-3H3. The van der Waals surface area contributed by atoms with Gasteiger partial charge >= 0.3 is 0 Å². The second kappa shape index (κ2) is 9.04. The van der Waals surface area contributed by atoms with Gasteiger partial charge in [-0.05, 0) is 59.7 Å². The summed E-state index contributed by atoms with van der Waals surface area (Å²) in [6.45, 7) is 1.38. The number of hydrogen-bond donors (Lipinski definition) is 1. The molecule has 28 heavy (non-hydrogen) atoms. The molecule has 0 saturated carbocycles. The molecule has 1 N–H and O–H groups in total. The third-order valence-electron chi connectivity index (χ3n) is 4.59. The van der Waals surface area contributed by atoms with E-state index >= 15 is 0 Å². The van der Waals surface area contributed by atoms with Crippen LogP contribution < -0.4 is 19.1 Å². The molecule has 0 heterocycles. The molecule has 0 spiro atoms. The molecule has 146 valence electrons. The Morgan fingerprint density at radius 2 is 1.21 bits per heavy atom. The highest BCUT2D eigenvalue weighted by atomic mass is 16.5. The van der Waals surface area contributed by atoms with Gasteiger partial charge in [0.05, 0.1) is 21.3 Å². The van der Waals surface area contributed by atoms with Crippen LogP contribution in [0.15, 0.2) is 66.7 Å². The van der Waals surface area contributed by atoms with Crippen molar-refractivity contribution in [3.63, 3.8) is 0 Å². The lowest BCUT2D eigenvalue weighted by molar-refractivity contribution is 0.373. The van der Waals surface area contributed by atoms with Crippen LogP contribution in [0.2, 0.25) is 0 Å². The van der Waals surface area contributed by atoms with Crippen molar-refractivity contribution >= 4 is 5.69 Å². The molecule has 0 unspecified atom stereocenters. The van der Waals surface area contributed by atoms with Gasteiger partial charge < -0.3 is 24.2 Å². The summed E-state index contributed by atoms with van der Waals surface area (Å²) in [4.78, 5) is 2.26. The number of nitrogens with zero attached hydrogens (tertiary/aromatic N) is 1. The van der Waals surface area contributed by atoms with Gasteiger partial charge in [0.25, 0.3) is 0 Å². The molecule has 0 radical (unpaired) electrons. The number of rotatable bonds is 8. The molecule has 0 aliphatic rings. The van der Waals surface area contributed by atoms with Crippen LogP contribution in [0.25, 0.3) is 0 Å². The van der Waals surface area contributed by atoms with Crippen molar-refractivity contribution in [1.29, 1.82) is 0 Å². The number of benzene rings is 3. The summed E-state index contributed by atoms with van der Waals surface area (Å²) >= 11 is 0. The fourth-order valence-corrected chi connectivity index (χ4v) is 3.02. The third kappa shape index (κ3) is 4.68. The summed E-state index contributed by atoms with van der Waals surface area (Å²) in [5, 5.41) is 9.86. The van der Waals surface area contributed by atoms with E-state index in [1.807, 2.05) is 48.5 Å². The van der Waals surface area contributed by atoms with Crippen molar-refractivity contribution in [2.24, 2.45) is 0 Å². The van der Waals surface area contributed by atoms with Gasteiger partial charge in [-0.3, -0.25) is 0 Å². The van der Waals surface area contributed by atoms with Crippen LogP contribution in [0.5, 0.6) is 23.0 Å². The number of methoxy groups -OCH3 is 3. The molecule has 5 heteroatoms. The lowest BCUT2D eigenvalue weighted by Gasteiger charge is -2.26. The maximum Gasteiger partial charge on any atom is 0.160 e. The zero-order valence-corrected chi connectivity index (χ0v) is 16.4. The predicted octanol–water partition coefficient (Wildman–Crippen LogP) is 4.62. The summed E-state index contributed by atoms with van der Waals surface area (Å²) in [5.41, 5.74) is 3.28. The highest BCUT2D eigenvalue weighted by Gasteiger charge is 2.11. The topological polar surface area (TPSA) is 51.2 Å². The highest BCUT2D eigenvalue weighted by molar-refractivity contribution is 5.51. The first-order chi connectivity index (χ1) is 13.6. The molecule has 0 aromatic heterocycles. The largest absolute Gasteiger partial charge is 0.504 e. The average Bonchev–Trinajstić information content (AvgIpc) is 2.75. The second-order valence-corrected chi connectivity index (χ2v) is 6.41. The van der Waals surface area contributed by atoms with Gasteiger partial charge in [-0.2, -0.15) is 0 Å². The average molecular weight is 379 g/mol. The Hall–Kier alpha value is -3.34. The Balaban J connectivity index is 1.88. The number of ether oxygens (including phenoxy) is 3. The smallest absolute Gasteiger partial charge is 0.160 e. The Kier molecular flexibility index (Phi) is 6.27. The molecule has 0 aliphatic carbocycles. The normalized spacial score (nSPS) is 10.4. The molecule has 0 amide bonds. The second-order valence-electron chi connectivity index (χ2n) is 6.41. The number of phenolic OH excluding ortho intramolecular Hbond substituents is 1. The van der Waals surface area contributed by atoms with Crippen LogP contribution in [-0.2, 0) is 13.1 Å². The van der Waals surface area contributed by atoms with Crippen molar-refractivity contribution in [3.05, 3.63) is 77.9 Å². The Labute approximate surface area is 165 Å². The first kappa shape index (κ1) is 19.4. The summed E-state index contributed by atoms with van der Waals surface area (Å²) < 4.78 is 15.8. The Morgan fingerprint density at radius 3 is 1.79 bits per heavy atom. The summed E-state index contributed by atoms with van der Waals surface area (Å²) in [6.07, 6.45) is 0. The quantitative estimate of drug-likeness (QED) is 0.619. The molecular formula is C23H25NO4. The fourth-order valence-electron chi connectivity index (χ4n) is 3.02. The number of aromatic hydroxyl groups is 1. The lowest BCUT2D eigenvalue weighted by atomic mass is 10.1. The van der Waals surface area contributed by atoms with Gasteiger partial charge in [-0.25, -0.2) is 0 Å². The number of hydrogen-bond acceptors (Lipinski definition) is 5. The molecule has 0 saturated heterocycles. The van der Waals surface area contributed by atoms with Crippen molar-refractivity contribution in [2.75, 3.05) is 26.2 Å². The van der Waals surface area contributed by atoms with Crippen LogP contribution in [0.1, 0.15) is 11.1 Å². The van der Waals surface area contributed by atoms with Crippen LogP contribution in [0.4, 0.5) is 5.69 Å². The Morgan fingerprint density at radius 1 is 0.679 bits per heavy atom. The number of phenols is 1. The summed E-state index contributed by atoms with van der Waals surface area (Å²) in [6, 6.07) is 21.5. The minimum atomic E-state index is 0.136. The first-order valence-corrected chi connectivity index (χ1v) is 9.00. The molecule has 5 nitrogen and oxygen atoms in total. The Bertz CT molecular complexity index is 891. The van der Waals surface area contributed by atoms with Crippen LogP contribution in [-0.4, -0.2) is 26.4 Å². The van der Waals surface area contributed by atoms with E-state index in [2.05, 4.69) is 17.0 Å². The van der Waals surface area contributed by atoms with E-state index in [1.165, 1.54) is 5.56 Å². The summed E-state index contributed by atoms with van der Waals surface area (Å²) in [5.74, 6) is 2.26. The zero-order chi connectivity index (χ0) is 19.9. The van der Waals surface area contributed by atoms with Crippen molar-refractivity contribution < 1.29 is 19.3 Å². The van der Waals surface area contributed by atoms with Crippen LogP contribution in [0, 0.1) is 0 Å². The van der Waals surface area contributed by atoms with Crippen LogP contribution in [0.3, 0.4) is 0 Å². The number of anilines is 1. The minimum Gasteiger partial charge on any atom is -0.504 e. The molecule has 0 fully saturated rings. The fraction of sp³-hybridized carbons (Fsp3) is 0.217. The minimum absolute atomic E-state index is 0.136. The lowest BCUT2D eigenvalue weighted by Crippen LogP contribution is -2.22. The molecule has 3 aromatic rings. The van der Waals surface area contributed by atoms with E-state index in [1.54, 1.807) is 27.4 Å². The van der Waals surface area contributed by atoms with E-state index in [9.17, 15) is 5.11 Å². The van der Waals surface area contributed by atoms with Gasteiger partial charge in [0, 0.05) is 18.8 Å². The van der Waals surface area contributed by atoms with E-state index in [0.717, 1.165) is 29.3 Å². The van der Waals surface area contributed by atoms with E-state index in [4.69, 9.17) is 14.2 Å². The van der Waals surface area contributed by atoms with Crippen LogP contribution >= 0.6 is 0 Å². The monoisotopic (exact) mass is 379 g/mol. The predicted molar refractivity (Wildman–Crippen MR) is 111 cm³/mol. The highest BCUT2D eigenvalue weighted by Crippen LogP contribution is 2.29. The molecule has 3 rings (SSSR count). The molecule has 0 aliphatic heterocycles. The SMILES string of the molecule is COc1ccc(CN(Cc2ccc(O)c(OC)c2)c2ccc(OC)cc2)cc1. The van der Waals surface area contributed by atoms with Gasteiger partial charge in [0.1, 0.15) is 11.5 Å². The van der Waals surface area contributed by atoms with E-state index in [0.29, 0.717) is 12.3 Å². The first-order valence-electron chi connectivity index (χ1n) is 9.00. The molecule has 0 bridgehead atoms. The molecular weight excluding hydrogens is 354 g/mol. The van der Waals surface area contributed by atoms with E-state index in [-0.39, 0.29) is 5.75 Å². The summed E-state index contributed by atoms with van der Waals surface area (Å²) in [7, 11) is 4.88. The third-order valence-corrected chi connectivity index (χ3v) is 4.59. The molecule has 0 atom stereocenters. The van der Waals surface area contributed by atoms with Gasteiger partial charge in [-0.15, -0.1) is 0 Å². The molecule has 3 aromatic carbocycles. The zero-order valence-electron chi connectivity index (χ0n) is 16.4. The van der Waals surface area contributed by atoms with Gasteiger partial charge in [0.15, 0.2) is 11.5 Å². The van der Waals surface area contributed by atoms with Crippen molar-refractivity contribution in [3.8, 4) is 23.0 Å². The maximum atomic E-state index is 9.86.